The Hall–Kier alpha value is -3.21. The summed E-state index contributed by atoms with van der Waals surface area (Å²) >= 11 is 0. The number of esters is 1. The third-order valence-electron chi connectivity index (χ3n) is 11.9. The van der Waals surface area contributed by atoms with E-state index in [2.05, 4.69) is 98.8 Å². The van der Waals surface area contributed by atoms with Crippen molar-refractivity contribution in [2.24, 2.45) is 0 Å². The van der Waals surface area contributed by atoms with Gasteiger partial charge in [0, 0.05) is 13.0 Å². The Balaban J connectivity index is 1.48. The van der Waals surface area contributed by atoms with Crippen LogP contribution in [0.25, 0.3) is 0 Å². The minimum absolute atomic E-state index is 0.161. The average Bonchev–Trinajstić information content (AvgIpc) is 3.28. The van der Waals surface area contributed by atoms with Gasteiger partial charge >= 0.3 is 5.97 Å². The van der Waals surface area contributed by atoms with Crippen LogP contribution >= 0.6 is 0 Å². The summed E-state index contributed by atoms with van der Waals surface area (Å²) in [6.07, 6.45) is 39.3. The molecule has 0 aliphatic carbocycles. The second-order valence-corrected chi connectivity index (χ2v) is 17.2. The fraction of sp³-hybridized carbons (Fsp3) is 0.625. The van der Waals surface area contributed by atoms with Gasteiger partial charge in [-0.1, -0.05) is 252 Å². The number of hydrogen-bond donors (Lipinski definition) is 0. The molecule has 0 spiro atoms. The normalized spacial score (nSPS) is 12.3. The highest BCUT2D eigenvalue weighted by molar-refractivity contribution is 5.69. The summed E-state index contributed by atoms with van der Waals surface area (Å²) < 4.78 is 19.6. The first kappa shape index (κ1) is 51.1. The molecule has 3 rings (SSSR count). The number of unbranched alkanes of at least 4 members (excludes halogenated alkanes) is 24. The van der Waals surface area contributed by atoms with E-state index in [9.17, 15) is 4.79 Å². The van der Waals surface area contributed by atoms with Gasteiger partial charge in [0.25, 0.3) is 0 Å². The number of hydrogen-bond acceptors (Lipinski definition) is 4. The molecule has 0 unspecified atom stereocenters. The van der Waals surface area contributed by atoms with Crippen LogP contribution in [-0.2, 0) is 24.6 Å². The molecule has 0 heterocycles. The molecule has 3 aromatic carbocycles. The fourth-order valence-electron chi connectivity index (χ4n) is 8.30. The highest BCUT2D eigenvalue weighted by Gasteiger charge is 2.38. The van der Waals surface area contributed by atoms with E-state index in [1.54, 1.807) is 0 Å². The van der Waals surface area contributed by atoms with Crippen molar-refractivity contribution in [3.05, 3.63) is 120 Å². The van der Waals surface area contributed by atoms with Gasteiger partial charge in [0.15, 0.2) is 0 Å². The minimum Gasteiger partial charge on any atom is -0.457 e. The van der Waals surface area contributed by atoms with Crippen molar-refractivity contribution in [1.82, 2.24) is 0 Å². The Morgan fingerprint density at radius 3 is 1.25 bits per heavy atom. The van der Waals surface area contributed by atoms with E-state index >= 15 is 0 Å². The number of carbonyl (C=O) groups is 1. The lowest BCUT2D eigenvalue weighted by molar-refractivity contribution is -0.159. The minimum atomic E-state index is -0.882. The Labute approximate surface area is 368 Å². The van der Waals surface area contributed by atoms with Crippen molar-refractivity contribution in [2.45, 2.75) is 205 Å². The molecule has 334 valence electrons. The predicted molar refractivity (Wildman–Crippen MR) is 256 cm³/mol. The summed E-state index contributed by atoms with van der Waals surface area (Å²) in [6.45, 7) is 5.77. The Kier molecular flexibility index (Phi) is 30.2. The monoisotopic (exact) mass is 823 g/mol. The van der Waals surface area contributed by atoms with E-state index < -0.39 is 11.7 Å². The van der Waals surface area contributed by atoms with Gasteiger partial charge in [0.2, 0.25) is 0 Å². The molecule has 4 heteroatoms. The SMILES string of the molecule is CCCCCCCC/C=C\CCCCCCCC(=O)O[C@H](COCCCCCCCCCCCCCCCC)COC(c1ccccc1)(c1ccccc1)c1ccccc1. The molecule has 0 radical (unpaired) electrons. The van der Waals surface area contributed by atoms with Crippen molar-refractivity contribution in [2.75, 3.05) is 19.8 Å². The molecule has 0 N–H and O–H groups in total. The van der Waals surface area contributed by atoms with Crippen LogP contribution in [0.1, 0.15) is 210 Å². The van der Waals surface area contributed by atoms with E-state index in [1.807, 2.05) is 18.2 Å². The van der Waals surface area contributed by atoms with Gasteiger partial charge in [-0.05, 0) is 55.2 Å². The van der Waals surface area contributed by atoms with Crippen LogP contribution in [0.2, 0.25) is 0 Å². The zero-order valence-corrected chi connectivity index (χ0v) is 38.4. The first-order valence-corrected chi connectivity index (χ1v) is 24.9. The van der Waals surface area contributed by atoms with Gasteiger partial charge < -0.3 is 14.2 Å². The van der Waals surface area contributed by atoms with E-state index in [-0.39, 0.29) is 12.6 Å². The van der Waals surface area contributed by atoms with Crippen LogP contribution in [0.4, 0.5) is 0 Å². The average molecular weight is 823 g/mol. The Morgan fingerprint density at radius 1 is 0.467 bits per heavy atom. The molecular weight excluding hydrogens is 737 g/mol. The van der Waals surface area contributed by atoms with Crippen molar-refractivity contribution >= 4 is 5.97 Å². The maximum Gasteiger partial charge on any atom is 0.306 e. The maximum absolute atomic E-state index is 13.4. The molecule has 60 heavy (non-hydrogen) atoms. The fourth-order valence-corrected chi connectivity index (χ4v) is 8.30. The molecule has 3 aromatic rings. The lowest BCUT2D eigenvalue weighted by Gasteiger charge is -2.37. The smallest absolute Gasteiger partial charge is 0.306 e. The summed E-state index contributed by atoms with van der Waals surface area (Å²) in [5, 5.41) is 0. The molecule has 0 bridgehead atoms. The molecule has 0 fully saturated rings. The van der Waals surface area contributed by atoms with Gasteiger partial charge in [-0.3, -0.25) is 4.79 Å². The topological polar surface area (TPSA) is 44.8 Å². The van der Waals surface area contributed by atoms with E-state index in [1.165, 1.54) is 141 Å². The van der Waals surface area contributed by atoms with Gasteiger partial charge in [-0.15, -0.1) is 0 Å². The van der Waals surface area contributed by atoms with Crippen LogP contribution in [0.15, 0.2) is 103 Å². The second-order valence-electron chi connectivity index (χ2n) is 17.2. The van der Waals surface area contributed by atoms with Gasteiger partial charge in [-0.25, -0.2) is 0 Å². The first-order valence-electron chi connectivity index (χ1n) is 24.9. The molecule has 1 atom stereocenters. The third kappa shape index (κ3) is 22.6. The quantitative estimate of drug-likeness (QED) is 0.0249. The molecule has 0 aliphatic rings. The highest BCUT2D eigenvalue weighted by atomic mass is 16.6. The first-order chi connectivity index (χ1) is 29.7. The number of carbonyl (C=O) groups excluding carboxylic acids is 1. The van der Waals surface area contributed by atoms with Crippen molar-refractivity contribution in [3.8, 4) is 0 Å². The number of rotatable bonds is 39. The molecule has 0 saturated carbocycles. The highest BCUT2D eigenvalue weighted by Crippen LogP contribution is 2.40. The summed E-state index contributed by atoms with van der Waals surface area (Å²) in [5.41, 5.74) is 2.21. The number of benzene rings is 3. The molecule has 0 aliphatic heterocycles. The summed E-state index contributed by atoms with van der Waals surface area (Å²) in [5.74, 6) is -0.161. The van der Waals surface area contributed by atoms with Gasteiger partial charge in [0.05, 0.1) is 13.2 Å². The van der Waals surface area contributed by atoms with Crippen LogP contribution in [0, 0.1) is 0 Å². The molecular formula is C56H86O4. The lowest BCUT2D eigenvalue weighted by atomic mass is 9.80. The summed E-state index contributed by atoms with van der Waals surface area (Å²) in [7, 11) is 0. The summed E-state index contributed by atoms with van der Waals surface area (Å²) in [6, 6.07) is 31.2. The van der Waals surface area contributed by atoms with Crippen molar-refractivity contribution in [3.63, 3.8) is 0 Å². The molecule has 4 nitrogen and oxygen atoms in total. The largest absolute Gasteiger partial charge is 0.457 e. The standard InChI is InChI=1S/C56H86O4/c1-3-5-7-9-11-13-15-17-19-20-22-24-26-28-39-47-55(57)60-54(49-58-48-40-29-27-25-23-21-18-16-14-12-10-8-6-4-2)50-59-56(51-41-33-30-34-42-51,52-43-35-31-36-44-52)53-45-37-32-38-46-53/h17,19,30-38,41-46,54H,3-16,18,20-29,39-40,47-50H2,1-2H3/b19-17-/t54-/m1/s1. The van der Waals surface area contributed by atoms with Crippen LogP contribution in [-0.4, -0.2) is 31.9 Å². The Bertz CT molecular complexity index is 1320. The maximum atomic E-state index is 13.4. The second kappa shape index (κ2) is 35.4. The molecule has 0 saturated heterocycles. The van der Waals surface area contributed by atoms with Crippen molar-refractivity contribution < 1.29 is 19.0 Å². The zero-order chi connectivity index (χ0) is 42.4. The predicted octanol–water partition coefficient (Wildman–Crippen LogP) is 16.4. The van der Waals surface area contributed by atoms with E-state index in [0.29, 0.717) is 19.6 Å². The van der Waals surface area contributed by atoms with Gasteiger partial charge in [-0.2, -0.15) is 0 Å². The molecule has 0 amide bonds. The lowest BCUT2D eigenvalue weighted by Crippen LogP contribution is -2.38. The van der Waals surface area contributed by atoms with Gasteiger partial charge in [0.1, 0.15) is 11.7 Å². The van der Waals surface area contributed by atoms with Crippen LogP contribution in [0.5, 0.6) is 0 Å². The number of allylic oxidation sites excluding steroid dienone is 2. The third-order valence-corrected chi connectivity index (χ3v) is 11.9. The Morgan fingerprint density at radius 2 is 0.833 bits per heavy atom. The van der Waals surface area contributed by atoms with Crippen LogP contribution in [0.3, 0.4) is 0 Å². The van der Waals surface area contributed by atoms with Crippen LogP contribution < -0.4 is 0 Å². The van der Waals surface area contributed by atoms with Crippen molar-refractivity contribution in [1.29, 1.82) is 0 Å². The van der Waals surface area contributed by atoms with E-state index in [4.69, 9.17) is 14.2 Å². The molecule has 0 aromatic heterocycles. The van der Waals surface area contributed by atoms with E-state index in [0.717, 1.165) is 48.8 Å². The number of ether oxygens (including phenoxy) is 3. The zero-order valence-electron chi connectivity index (χ0n) is 38.4. The summed E-state index contributed by atoms with van der Waals surface area (Å²) in [4.78, 5) is 13.4.